The van der Waals surface area contributed by atoms with Crippen molar-refractivity contribution in [3.63, 3.8) is 0 Å². The molecular weight excluding hydrogens is 348 g/mol. The Hall–Kier alpha value is -0.660. The van der Waals surface area contributed by atoms with Crippen molar-refractivity contribution in [1.29, 1.82) is 0 Å². The van der Waals surface area contributed by atoms with Gasteiger partial charge in [-0.3, -0.25) is 4.90 Å². The first-order chi connectivity index (χ1) is 11.4. The van der Waals surface area contributed by atoms with Crippen LogP contribution in [0.2, 0.25) is 5.02 Å². The molecular formula is C17H25ClN2O3S. The van der Waals surface area contributed by atoms with Gasteiger partial charge in [-0.1, -0.05) is 29.8 Å². The Morgan fingerprint density at radius 1 is 1.33 bits per heavy atom. The number of nitrogens with zero attached hydrogens (tertiary/aromatic N) is 1. The van der Waals surface area contributed by atoms with Gasteiger partial charge < -0.3 is 4.74 Å². The number of nitrogens with one attached hydrogen (secondary N) is 1. The van der Waals surface area contributed by atoms with Crippen molar-refractivity contribution in [1.82, 2.24) is 9.62 Å². The molecule has 1 N–H and O–H groups in total. The van der Waals surface area contributed by atoms with Crippen molar-refractivity contribution < 1.29 is 13.2 Å². The summed E-state index contributed by atoms with van der Waals surface area (Å²) in [5.74, 6) is 0. The third-order valence-electron chi connectivity index (χ3n) is 4.99. The van der Waals surface area contributed by atoms with Crippen LogP contribution >= 0.6 is 11.6 Å². The van der Waals surface area contributed by atoms with E-state index >= 15 is 0 Å². The third-order valence-corrected chi connectivity index (χ3v) is 6.12. The van der Waals surface area contributed by atoms with Crippen molar-refractivity contribution in [2.45, 2.75) is 43.9 Å². The predicted octanol–water partition coefficient (Wildman–Crippen LogP) is 2.40. The number of piperidine rings is 1. The van der Waals surface area contributed by atoms with Gasteiger partial charge in [0.25, 0.3) is 0 Å². The molecule has 0 bridgehead atoms. The average molecular weight is 373 g/mol. The van der Waals surface area contributed by atoms with Crippen LogP contribution in [0, 0.1) is 0 Å². The monoisotopic (exact) mass is 372 g/mol. The van der Waals surface area contributed by atoms with Crippen molar-refractivity contribution in [2.24, 2.45) is 0 Å². The topological polar surface area (TPSA) is 58.6 Å². The summed E-state index contributed by atoms with van der Waals surface area (Å²) in [5, 5.41) is 0.809. The molecule has 1 unspecified atom stereocenters. The van der Waals surface area contributed by atoms with Crippen LogP contribution in [0.15, 0.2) is 24.3 Å². The van der Waals surface area contributed by atoms with Gasteiger partial charge in [0.15, 0.2) is 0 Å². The first-order valence-corrected chi connectivity index (χ1v) is 10.7. The first kappa shape index (κ1) is 18.1. The van der Waals surface area contributed by atoms with Crippen LogP contribution in [0.5, 0.6) is 0 Å². The summed E-state index contributed by atoms with van der Waals surface area (Å²) in [6.45, 7) is 3.35. The number of likely N-dealkylation sites (tertiary alicyclic amines) is 1. The van der Waals surface area contributed by atoms with Crippen LogP contribution < -0.4 is 4.72 Å². The van der Waals surface area contributed by atoms with Gasteiger partial charge in [0.1, 0.15) is 0 Å². The second kappa shape index (κ2) is 7.30. The standard InChI is InChI=1S/C17H25ClN2O3S/c1-24(21,22)19-15-6-11-23-17(12-15)7-9-20(10-8-17)13-14-4-2-3-5-16(14)18/h2-5,15,19H,6-13H2,1H3. The lowest BCUT2D eigenvalue weighted by molar-refractivity contribution is -0.118. The minimum atomic E-state index is -3.17. The molecule has 2 heterocycles. The van der Waals surface area contributed by atoms with Crippen LogP contribution in [-0.4, -0.2) is 50.9 Å². The molecule has 1 aromatic rings. The zero-order valence-electron chi connectivity index (χ0n) is 14.0. The molecule has 5 nitrogen and oxygen atoms in total. The van der Waals surface area contributed by atoms with Gasteiger partial charge in [0.2, 0.25) is 10.0 Å². The number of ether oxygens (including phenoxy) is 1. The normalized spacial score (nSPS) is 25.0. The molecule has 0 saturated carbocycles. The van der Waals surface area contributed by atoms with Crippen molar-refractivity contribution in [3.05, 3.63) is 34.9 Å². The lowest BCUT2D eigenvalue weighted by Crippen LogP contribution is -2.53. The maximum absolute atomic E-state index is 11.5. The molecule has 2 aliphatic rings. The van der Waals surface area contributed by atoms with Crippen LogP contribution in [0.4, 0.5) is 0 Å². The van der Waals surface area contributed by atoms with Gasteiger partial charge in [-0.15, -0.1) is 0 Å². The molecule has 2 saturated heterocycles. The Balaban J connectivity index is 1.57. The van der Waals surface area contributed by atoms with Gasteiger partial charge in [0, 0.05) is 37.3 Å². The maximum Gasteiger partial charge on any atom is 0.208 e. The van der Waals surface area contributed by atoms with Crippen molar-refractivity contribution >= 4 is 21.6 Å². The van der Waals surface area contributed by atoms with Gasteiger partial charge in [0.05, 0.1) is 11.9 Å². The number of halogens is 1. The van der Waals surface area contributed by atoms with Crippen molar-refractivity contribution in [3.8, 4) is 0 Å². The molecule has 24 heavy (non-hydrogen) atoms. The van der Waals surface area contributed by atoms with E-state index < -0.39 is 10.0 Å². The number of hydrogen-bond acceptors (Lipinski definition) is 4. The molecule has 3 rings (SSSR count). The molecule has 0 radical (unpaired) electrons. The number of rotatable bonds is 4. The lowest BCUT2D eigenvalue weighted by Gasteiger charge is -2.46. The fourth-order valence-electron chi connectivity index (χ4n) is 3.77. The molecule has 2 aliphatic heterocycles. The largest absolute Gasteiger partial charge is 0.375 e. The first-order valence-electron chi connectivity index (χ1n) is 8.42. The Bertz CT molecular complexity index is 672. The summed E-state index contributed by atoms with van der Waals surface area (Å²) in [6.07, 6.45) is 4.60. The number of benzene rings is 1. The van der Waals surface area contributed by atoms with Crippen LogP contribution in [0.25, 0.3) is 0 Å². The van der Waals surface area contributed by atoms with Gasteiger partial charge in [-0.05, 0) is 37.3 Å². The van der Waals surface area contributed by atoms with Crippen LogP contribution in [-0.2, 0) is 21.3 Å². The second-order valence-corrected chi connectivity index (χ2v) is 9.17. The quantitative estimate of drug-likeness (QED) is 0.881. The summed E-state index contributed by atoms with van der Waals surface area (Å²) >= 11 is 6.25. The molecule has 1 aromatic carbocycles. The van der Waals surface area contributed by atoms with E-state index in [1.807, 2.05) is 18.2 Å². The van der Waals surface area contributed by atoms with Gasteiger partial charge in [-0.2, -0.15) is 0 Å². The molecule has 0 aliphatic carbocycles. The fourth-order valence-corrected chi connectivity index (χ4v) is 4.77. The Morgan fingerprint density at radius 3 is 2.71 bits per heavy atom. The zero-order valence-corrected chi connectivity index (χ0v) is 15.6. The summed E-state index contributed by atoms with van der Waals surface area (Å²) in [7, 11) is -3.17. The highest BCUT2D eigenvalue weighted by molar-refractivity contribution is 7.88. The molecule has 2 fully saturated rings. The molecule has 1 spiro atoms. The number of hydrogen-bond donors (Lipinski definition) is 1. The molecule has 1 atom stereocenters. The molecule has 0 aromatic heterocycles. The molecule has 7 heteroatoms. The summed E-state index contributed by atoms with van der Waals surface area (Å²) in [5.41, 5.74) is 0.966. The van der Waals surface area contributed by atoms with Crippen LogP contribution in [0.3, 0.4) is 0 Å². The number of sulfonamides is 1. The smallest absolute Gasteiger partial charge is 0.208 e. The van der Waals surface area contributed by atoms with E-state index in [-0.39, 0.29) is 11.6 Å². The van der Waals surface area contributed by atoms with E-state index in [1.165, 1.54) is 6.26 Å². The van der Waals surface area contributed by atoms with Gasteiger partial charge >= 0.3 is 0 Å². The zero-order chi connectivity index (χ0) is 17.2. The summed E-state index contributed by atoms with van der Waals surface area (Å²) < 4.78 is 31.8. The second-order valence-electron chi connectivity index (χ2n) is 6.98. The Kier molecular flexibility index (Phi) is 5.52. The van der Waals surface area contributed by atoms with Crippen molar-refractivity contribution in [2.75, 3.05) is 26.0 Å². The fraction of sp³-hybridized carbons (Fsp3) is 0.647. The highest BCUT2D eigenvalue weighted by atomic mass is 35.5. The summed E-state index contributed by atoms with van der Waals surface area (Å²) in [6, 6.07) is 7.94. The third kappa shape index (κ3) is 4.70. The van der Waals surface area contributed by atoms with E-state index in [0.717, 1.165) is 55.9 Å². The van der Waals surface area contributed by atoms with E-state index in [4.69, 9.17) is 16.3 Å². The highest BCUT2D eigenvalue weighted by Crippen LogP contribution is 2.35. The molecule has 0 amide bonds. The van der Waals surface area contributed by atoms with Crippen LogP contribution in [0.1, 0.15) is 31.2 Å². The average Bonchev–Trinajstić information content (AvgIpc) is 2.50. The Morgan fingerprint density at radius 2 is 2.04 bits per heavy atom. The minimum Gasteiger partial charge on any atom is -0.375 e. The van der Waals surface area contributed by atoms with E-state index in [0.29, 0.717) is 6.61 Å². The predicted molar refractivity (Wildman–Crippen MR) is 95.6 cm³/mol. The van der Waals surface area contributed by atoms with Gasteiger partial charge in [-0.25, -0.2) is 13.1 Å². The lowest BCUT2D eigenvalue weighted by atomic mass is 9.82. The highest BCUT2D eigenvalue weighted by Gasteiger charge is 2.40. The van der Waals surface area contributed by atoms with E-state index in [2.05, 4.69) is 15.7 Å². The molecule has 134 valence electrons. The minimum absolute atomic E-state index is 0.0103. The summed E-state index contributed by atoms with van der Waals surface area (Å²) in [4.78, 5) is 2.39. The van der Waals surface area contributed by atoms with E-state index in [9.17, 15) is 8.42 Å². The SMILES string of the molecule is CS(=O)(=O)NC1CCOC2(CCN(Cc3ccccc3Cl)CC2)C1. The Labute approximate surface area is 149 Å². The maximum atomic E-state index is 11.5. The van der Waals surface area contributed by atoms with E-state index in [1.54, 1.807) is 0 Å².